The fourth-order valence-electron chi connectivity index (χ4n) is 11.1. The Kier molecular flexibility index (Phi) is 24.7. The van der Waals surface area contributed by atoms with E-state index < -0.39 is 82.9 Å². The van der Waals surface area contributed by atoms with Gasteiger partial charge >= 0.3 is 35.8 Å². The molecule has 0 atom stereocenters. The molecule has 0 bridgehead atoms. The van der Waals surface area contributed by atoms with E-state index in [2.05, 4.69) is 13.2 Å². The number of aliphatic carboxylic acids is 3. The lowest BCUT2D eigenvalue weighted by Crippen LogP contribution is -2.37. The van der Waals surface area contributed by atoms with Gasteiger partial charge in [-0.3, -0.25) is 86.3 Å². The molecule has 540 valence electrons. The van der Waals surface area contributed by atoms with Crippen LogP contribution >= 0.6 is 93.1 Å². The number of carboxylic acid groups (broad SMARTS) is 3. The standard InChI is InChI=1S/C24H18Cl2N2O6S.C24H18ClFN2O6S.C24H19ClN2O6S2/c1-13-27(9-8-19(29)30)24(33)22(35-13)21-17-10-16(26)6-7-18(17)28(23(21)32)11-20(31)34-12-14-2-4-15(25)5-3-14;1-13-27(9-8-19(29)30)24(33)22(35-13)21-17-10-15(25)4-7-18(17)28(23(21)32)11-20(31)34-12-14-2-5-16(26)6-3-14;1-13-3-2-4-14(9-13)12-33-19(30)11-27-17-6-5-15(25)10-16(17)20(22(27)31)21-23(32)26(24(34)35-21)8-7-18(28)29/h2*2-7,10H,1,8-9,11-12H2,(H,29,30);2-6,9-10H,7-8,11-12H2,1H3,(H,28,29)/b2*22-21-;21-20-. The minimum Gasteiger partial charge on any atom is -0.481 e. The number of thiazole rings is 2. The van der Waals surface area contributed by atoms with E-state index in [1.807, 2.05) is 31.2 Å². The summed E-state index contributed by atoms with van der Waals surface area (Å²) in [6.07, 6.45) is -0.837. The second kappa shape index (κ2) is 33.6. The van der Waals surface area contributed by atoms with Crippen molar-refractivity contribution in [3.05, 3.63) is 236 Å². The van der Waals surface area contributed by atoms with E-state index in [1.54, 1.807) is 72.8 Å². The van der Waals surface area contributed by atoms with Crippen molar-refractivity contribution >= 4 is 204 Å². The predicted octanol–water partition coefficient (Wildman–Crippen LogP) is 8.05. The molecular formula is C72H55Cl4FN6O18S4. The summed E-state index contributed by atoms with van der Waals surface area (Å²) in [5.74, 6) is -7.85. The molecule has 0 saturated carbocycles. The SMILES string of the molecule is C=c1s/c(=C2\C(=O)N(CC(=O)OCc3ccc(Cl)cc3)c3ccc(Cl)cc32)c(=O)n1CCC(=O)O.C=c1s/c(=C2\C(=O)N(CC(=O)OCc3ccc(F)cc3)c3ccc(Cl)cc32)c(=O)n1CCC(=O)O.Cc1cccc(COC(=O)CN2C(=O)/C(=C3\SC(=S)N(CCC(=O)O)C3=O)c3cc(Cl)ccc32)c1. The predicted molar refractivity (Wildman–Crippen MR) is 397 cm³/mol. The second-order valence-corrected chi connectivity index (χ2v) is 28.7. The minimum absolute atomic E-state index is 0.00610. The Bertz CT molecular complexity index is 5140. The van der Waals surface area contributed by atoms with E-state index in [9.17, 15) is 61.9 Å². The summed E-state index contributed by atoms with van der Waals surface area (Å²) < 4.78 is 32.4. The topological polar surface area (TPSA) is 316 Å². The highest BCUT2D eigenvalue weighted by Crippen LogP contribution is 2.46. The molecule has 24 nitrogen and oxygen atoms in total. The van der Waals surface area contributed by atoms with Gasteiger partial charge in [-0.1, -0.05) is 138 Å². The largest absolute Gasteiger partial charge is 0.481 e. The number of benzene rings is 6. The number of amides is 4. The van der Waals surface area contributed by atoms with Crippen LogP contribution in [-0.2, 0) is 95.1 Å². The van der Waals surface area contributed by atoms with Crippen molar-refractivity contribution in [2.45, 2.75) is 59.1 Å². The quantitative estimate of drug-likeness (QED) is 0.0265. The van der Waals surface area contributed by atoms with Gasteiger partial charge in [-0.05, 0) is 102 Å². The zero-order chi connectivity index (χ0) is 75.8. The molecule has 33 heteroatoms. The zero-order valence-electron chi connectivity index (χ0n) is 54.7. The molecule has 0 aliphatic carbocycles. The lowest BCUT2D eigenvalue weighted by atomic mass is 10.1. The van der Waals surface area contributed by atoms with Gasteiger partial charge in [-0.25, -0.2) is 4.39 Å². The van der Waals surface area contributed by atoms with E-state index >= 15 is 0 Å². The first kappa shape index (κ1) is 77.2. The molecule has 6 heterocycles. The van der Waals surface area contributed by atoms with Crippen LogP contribution in [0.25, 0.3) is 29.9 Å². The molecule has 0 spiro atoms. The van der Waals surface area contributed by atoms with E-state index in [1.165, 1.54) is 54.2 Å². The van der Waals surface area contributed by atoms with Gasteiger partial charge in [0, 0.05) is 56.4 Å². The number of aromatic nitrogens is 2. The van der Waals surface area contributed by atoms with Crippen molar-refractivity contribution < 1.29 is 81.9 Å². The maximum atomic E-state index is 13.4. The third-order valence-corrected chi connectivity index (χ3v) is 20.5. The number of rotatable bonds is 21. The molecule has 6 aromatic carbocycles. The molecule has 4 aliphatic rings. The van der Waals surface area contributed by atoms with Crippen LogP contribution in [0.3, 0.4) is 0 Å². The number of carboxylic acids is 3. The van der Waals surface area contributed by atoms with E-state index in [0.717, 1.165) is 56.0 Å². The first-order valence-corrected chi connectivity index (χ1v) is 35.5. The van der Waals surface area contributed by atoms with E-state index in [-0.39, 0.29) is 107 Å². The highest BCUT2D eigenvalue weighted by molar-refractivity contribution is 8.26. The van der Waals surface area contributed by atoms with Gasteiger partial charge in [0.1, 0.15) is 58.7 Å². The fourth-order valence-corrected chi connectivity index (χ4v) is 15.1. The van der Waals surface area contributed by atoms with Crippen molar-refractivity contribution in [2.75, 3.05) is 40.9 Å². The third kappa shape index (κ3) is 18.1. The molecule has 3 N–H and O–H groups in total. The van der Waals surface area contributed by atoms with Crippen LogP contribution in [-0.4, -0.2) is 119 Å². The number of hydrogen-bond donors (Lipinski definition) is 3. The summed E-state index contributed by atoms with van der Waals surface area (Å²) in [7, 11) is 0. The number of carbonyl (C=O) groups excluding carboxylic acids is 7. The second-order valence-electron chi connectivity index (χ2n) is 23.2. The van der Waals surface area contributed by atoms with Crippen molar-refractivity contribution in [3.8, 4) is 0 Å². The number of nitrogens with zero attached hydrogens (tertiary/aromatic N) is 6. The average molecular weight is 1580 g/mol. The first-order valence-electron chi connectivity index (χ1n) is 31.1. The molecule has 105 heavy (non-hydrogen) atoms. The van der Waals surface area contributed by atoms with Gasteiger partial charge in [-0.2, -0.15) is 0 Å². The summed E-state index contributed by atoms with van der Waals surface area (Å²) in [6, 6.07) is 33.9. The number of thiocarbonyl (C=S) groups is 1. The number of carbonyl (C=O) groups is 10. The Balaban J connectivity index is 0.000000169. The normalized spacial score (nSPS) is 15.2. The number of esters is 3. The third-order valence-electron chi connectivity index (χ3n) is 16.0. The summed E-state index contributed by atoms with van der Waals surface area (Å²) in [6.45, 7) is 8.09. The number of thioether (sulfide) groups is 1. The monoisotopic (exact) mass is 1580 g/mol. The molecule has 1 saturated heterocycles. The molecule has 4 aliphatic heterocycles. The molecule has 12 rings (SSSR count). The van der Waals surface area contributed by atoms with Crippen molar-refractivity contribution in [3.63, 3.8) is 0 Å². The van der Waals surface area contributed by atoms with Crippen LogP contribution in [0.2, 0.25) is 20.1 Å². The van der Waals surface area contributed by atoms with Crippen molar-refractivity contribution in [1.82, 2.24) is 14.0 Å². The Labute approximate surface area is 631 Å². The van der Waals surface area contributed by atoms with Gasteiger partial charge in [0.15, 0.2) is 0 Å². The molecule has 4 amide bonds. The molecule has 2 aromatic heterocycles. The van der Waals surface area contributed by atoms with Crippen LogP contribution < -0.4 is 44.2 Å². The van der Waals surface area contributed by atoms with Crippen LogP contribution in [0.4, 0.5) is 21.5 Å². The zero-order valence-corrected chi connectivity index (χ0v) is 61.0. The summed E-state index contributed by atoms with van der Waals surface area (Å²) in [4.78, 5) is 155. The van der Waals surface area contributed by atoms with Crippen LogP contribution in [0.15, 0.2) is 142 Å². The maximum Gasteiger partial charge on any atom is 0.326 e. The van der Waals surface area contributed by atoms with E-state index in [4.69, 9.17) is 88.2 Å². The highest BCUT2D eigenvalue weighted by Gasteiger charge is 2.44. The lowest BCUT2D eigenvalue weighted by molar-refractivity contribution is -0.144. The number of anilines is 3. The maximum absolute atomic E-state index is 13.4. The van der Waals surface area contributed by atoms with E-state index in [0.29, 0.717) is 68.7 Å². The molecule has 8 aromatic rings. The Hall–Kier alpha value is -10.4. The number of ether oxygens (including phenoxy) is 3. The Morgan fingerprint density at radius 2 is 0.838 bits per heavy atom. The number of aryl methyl sites for hydroxylation is 1. The van der Waals surface area contributed by atoms with Gasteiger partial charge in [0.2, 0.25) is 0 Å². The molecule has 0 unspecified atom stereocenters. The smallest absolute Gasteiger partial charge is 0.326 e. The summed E-state index contributed by atoms with van der Waals surface area (Å²) in [5, 5.41) is 28.4. The van der Waals surface area contributed by atoms with Gasteiger partial charge < -0.3 is 29.5 Å². The number of hydrogen-bond acceptors (Lipinski definition) is 19. The van der Waals surface area contributed by atoms with Crippen LogP contribution in [0.1, 0.15) is 58.2 Å². The van der Waals surface area contributed by atoms with Crippen LogP contribution in [0.5, 0.6) is 0 Å². The van der Waals surface area contributed by atoms with Crippen LogP contribution in [0, 0.1) is 12.7 Å². The van der Waals surface area contributed by atoms with Gasteiger partial charge in [0.05, 0.1) is 67.3 Å². The average Bonchev–Trinajstić information content (AvgIpc) is 1.61. The molecule has 0 radical (unpaired) electrons. The fraction of sp³-hybridized carbons (Fsp3) is 0.181. The summed E-state index contributed by atoms with van der Waals surface area (Å²) >= 11 is 32.5. The Morgan fingerprint density at radius 3 is 1.25 bits per heavy atom. The molecular weight excluding hydrogens is 1530 g/mol. The minimum atomic E-state index is -1.07. The Morgan fingerprint density at radius 1 is 0.467 bits per heavy atom. The van der Waals surface area contributed by atoms with Crippen molar-refractivity contribution in [1.29, 1.82) is 0 Å². The van der Waals surface area contributed by atoms with Crippen molar-refractivity contribution in [2.24, 2.45) is 0 Å². The first-order chi connectivity index (χ1) is 50.0. The number of fused-ring (bicyclic) bond motifs is 3. The lowest BCUT2D eigenvalue weighted by Gasteiger charge is -2.16. The molecule has 1 fully saturated rings. The van der Waals surface area contributed by atoms with Gasteiger partial charge in [-0.15, -0.1) is 22.7 Å². The number of halogens is 5. The highest BCUT2D eigenvalue weighted by atomic mass is 35.5. The van der Waals surface area contributed by atoms with Gasteiger partial charge in [0.25, 0.3) is 34.7 Å². The summed E-state index contributed by atoms with van der Waals surface area (Å²) in [5.41, 5.74) is 4.69.